The lowest BCUT2D eigenvalue weighted by Crippen LogP contribution is -2.38. The van der Waals surface area contributed by atoms with Crippen LogP contribution in [0.25, 0.3) is 0 Å². The second-order valence-electron chi connectivity index (χ2n) is 5.93. The highest BCUT2D eigenvalue weighted by Gasteiger charge is 2.03. The van der Waals surface area contributed by atoms with E-state index in [1.54, 1.807) is 14.2 Å². The molecule has 0 fully saturated rings. The van der Waals surface area contributed by atoms with Gasteiger partial charge in [-0.15, -0.1) is 0 Å². The Labute approximate surface area is 156 Å². The van der Waals surface area contributed by atoms with Gasteiger partial charge in [-0.2, -0.15) is 0 Å². The van der Waals surface area contributed by atoms with Gasteiger partial charge >= 0.3 is 0 Å². The van der Waals surface area contributed by atoms with Crippen LogP contribution in [0.2, 0.25) is 0 Å². The second-order valence-corrected chi connectivity index (χ2v) is 5.93. The van der Waals surface area contributed by atoms with Crippen LogP contribution in [0.3, 0.4) is 0 Å². The topological polar surface area (TPSA) is 54.9 Å². The standard InChI is InChI=1S/C21H29N3O2/c1-4-22-21(23-14-13-19-7-5-6-8-20(19)26-3)24-15-17-9-11-18(12-10-17)16-25-2/h5-12H,4,13-16H2,1-3H3,(H2,22,23,24). The highest BCUT2D eigenvalue weighted by Crippen LogP contribution is 2.17. The van der Waals surface area contributed by atoms with Crippen LogP contribution >= 0.6 is 0 Å². The predicted molar refractivity (Wildman–Crippen MR) is 107 cm³/mol. The molecule has 2 rings (SSSR count). The molecule has 5 nitrogen and oxygen atoms in total. The maximum absolute atomic E-state index is 5.40. The summed E-state index contributed by atoms with van der Waals surface area (Å²) in [5.41, 5.74) is 3.53. The summed E-state index contributed by atoms with van der Waals surface area (Å²) < 4.78 is 10.5. The highest BCUT2D eigenvalue weighted by molar-refractivity contribution is 5.79. The van der Waals surface area contributed by atoms with E-state index in [1.807, 2.05) is 18.2 Å². The summed E-state index contributed by atoms with van der Waals surface area (Å²) >= 11 is 0. The maximum Gasteiger partial charge on any atom is 0.191 e. The lowest BCUT2D eigenvalue weighted by atomic mass is 10.1. The third-order valence-electron chi connectivity index (χ3n) is 3.98. The first-order valence-corrected chi connectivity index (χ1v) is 8.97. The normalized spacial score (nSPS) is 11.3. The summed E-state index contributed by atoms with van der Waals surface area (Å²) in [7, 11) is 3.41. The van der Waals surface area contributed by atoms with Gasteiger partial charge in [0.1, 0.15) is 5.75 Å². The van der Waals surface area contributed by atoms with Crippen LogP contribution in [-0.2, 0) is 24.3 Å². The predicted octanol–water partition coefficient (Wildman–Crippen LogP) is 3.14. The van der Waals surface area contributed by atoms with Crippen LogP contribution in [0.1, 0.15) is 23.6 Å². The average molecular weight is 355 g/mol. The van der Waals surface area contributed by atoms with Crippen molar-refractivity contribution in [1.82, 2.24) is 10.6 Å². The molecule has 2 N–H and O–H groups in total. The zero-order valence-corrected chi connectivity index (χ0v) is 15.9. The Morgan fingerprint density at radius 3 is 2.38 bits per heavy atom. The van der Waals surface area contributed by atoms with Gasteiger partial charge in [-0.3, -0.25) is 0 Å². The molecule has 0 aliphatic heterocycles. The maximum atomic E-state index is 5.40. The number of benzene rings is 2. The third kappa shape index (κ3) is 6.41. The van der Waals surface area contributed by atoms with Gasteiger partial charge in [0.05, 0.1) is 20.3 Å². The monoisotopic (exact) mass is 355 g/mol. The Balaban J connectivity index is 1.89. The van der Waals surface area contributed by atoms with Gasteiger partial charge in [-0.25, -0.2) is 4.99 Å². The summed E-state index contributed by atoms with van der Waals surface area (Å²) in [5.74, 6) is 1.75. The van der Waals surface area contributed by atoms with Crippen molar-refractivity contribution >= 4 is 5.96 Å². The molecule has 0 heterocycles. The van der Waals surface area contributed by atoms with Crippen molar-refractivity contribution in [3.8, 4) is 5.75 Å². The SMILES string of the molecule is CCNC(=NCc1ccc(COC)cc1)NCCc1ccccc1OC. The Morgan fingerprint density at radius 2 is 1.69 bits per heavy atom. The number of para-hydroxylation sites is 1. The van der Waals surface area contributed by atoms with Gasteiger partial charge in [0.2, 0.25) is 0 Å². The minimum atomic E-state index is 0.636. The Kier molecular flexibility index (Phi) is 8.49. The number of ether oxygens (including phenoxy) is 2. The van der Waals surface area contributed by atoms with Crippen molar-refractivity contribution in [2.75, 3.05) is 27.3 Å². The van der Waals surface area contributed by atoms with E-state index in [0.717, 1.165) is 31.2 Å². The van der Waals surface area contributed by atoms with Gasteiger partial charge in [-0.1, -0.05) is 42.5 Å². The zero-order chi connectivity index (χ0) is 18.6. The van der Waals surface area contributed by atoms with Crippen molar-refractivity contribution in [2.24, 2.45) is 4.99 Å². The van der Waals surface area contributed by atoms with Crippen molar-refractivity contribution in [3.05, 3.63) is 65.2 Å². The van der Waals surface area contributed by atoms with Gasteiger partial charge < -0.3 is 20.1 Å². The summed E-state index contributed by atoms with van der Waals surface area (Å²) in [6, 6.07) is 16.4. The average Bonchev–Trinajstić information content (AvgIpc) is 2.68. The molecule has 0 aromatic heterocycles. The number of nitrogens with one attached hydrogen (secondary N) is 2. The Morgan fingerprint density at radius 1 is 0.962 bits per heavy atom. The van der Waals surface area contributed by atoms with Crippen LogP contribution in [0.4, 0.5) is 0 Å². The number of guanidine groups is 1. The molecular weight excluding hydrogens is 326 g/mol. The molecule has 0 atom stereocenters. The van der Waals surface area contributed by atoms with Gasteiger partial charge in [0.15, 0.2) is 5.96 Å². The van der Waals surface area contributed by atoms with Crippen molar-refractivity contribution < 1.29 is 9.47 Å². The fourth-order valence-electron chi connectivity index (χ4n) is 2.64. The molecule has 5 heteroatoms. The Hall–Kier alpha value is -2.53. The van der Waals surface area contributed by atoms with E-state index < -0.39 is 0 Å². The molecule has 0 amide bonds. The van der Waals surface area contributed by atoms with E-state index in [0.29, 0.717) is 13.2 Å². The molecular formula is C21H29N3O2. The Bertz CT molecular complexity index is 684. The van der Waals surface area contributed by atoms with Gasteiger partial charge in [0.25, 0.3) is 0 Å². The molecule has 0 unspecified atom stereocenters. The number of rotatable bonds is 9. The summed E-state index contributed by atoms with van der Waals surface area (Å²) in [5, 5.41) is 6.67. The molecule has 0 bridgehead atoms. The fraction of sp³-hybridized carbons (Fsp3) is 0.381. The number of hydrogen-bond donors (Lipinski definition) is 2. The number of hydrogen-bond acceptors (Lipinski definition) is 3. The molecule has 2 aromatic carbocycles. The van der Waals surface area contributed by atoms with E-state index in [4.69, 9.17) is 9.47 Å². The number of methoxy groups -OCH3 is 2. The van der Waals surface area contributed by atoms with E-state index in [-0.39, 0.29) is 0 Å². The first kappa shape index (κ1) is 19.8. The van der Waals surface area contributed by atoms with E-state index in [9.17, 15) is 0 Å². The lowest BCUT2D eigenvalue weighted by Gasteiger charge is -2.13. The molecule has 0 saturated carbocycles. The molecule has 0 aliphatic rings. The molecule has 26 heavy (non-hydrogen) atoms. The lowest BCUT2D eigenvalue weighted by molar-refractivity contribution is 0.185. The van der Waals surface area contributed by atoms with Crippen LogP contribution in [0, 0.1) is 0 Å². The first-order chi connectivity index (χ1) is 12.8. The summed E-state index contributed by atoms with van der Waals surface area (Å²) in [6.45, 7) is 4.96. The summed E-state index contributed by atoms with van der Waals surface area (Å²) in [4.78, 5) is 4.67. The highest BCUT2D eigenvalue weighted by atomic mass is 16.5. The number of nitrogens with zero attached hydrogens (tertiary/aromatic N) is 1. The minimum Gasteiger partial charge on any atom is -0.496 e. The van der Waals surface area contributed by atoms with Crippen LogP contribution in [0.15, 0.2) is 53.5 Å². The number of aliphatic imine (C=N–C) groups is 1. The molecule has 140 valence electrons. The first-order valence-electron chi connectivity index (χ1n) is 8.97. The zero-order valence-electron chi connectivity index (χ0n) is 15.9. The van der Waals surface area contributed by atoms with Crippen LogP contribution in [-0.4, -0.2) is 33.3 Å². The molecule has 0 spiro atoms. The largest absolute Gasteiger partial charge is 0.496 e. The molecule has 0 saturated heterocycles. The van der Waals surface area contributed by atoms with E-state index in [1.165, 1.54) is 16.7 Å². The van der Waals surface area contributed by atoms with E-state index in [2.05, 4.69) is 52.9 Å². The second kappa shape index (κ2) is 11.2. The summed E-state index contributed by atoms with van der Waals surface area (Å²) in [6.07, 6.45) is 0.875. The molecule has 2 aromatic rings. The molecule has 0 aliphatic carbocycles. The van der Waals surface area contributed by atoms with Gasteiger partial charge in [-0.05, 0) is 36.1 Å². The third-order valence-corrected chi connectivity index (χ3v) is 3.98. The van der Waals surface area contributed by atoms with Crippen molar-refractivity contribution in [1.29, 1.82) is 0 Å². The van der Waals surface area contributed by atoms with Crippen molar-refractivity contribution in [3.63, 3.8) is 0 Å². The van der Waals surface area contributed by atoms with Crippen molar-refractivity contribution in [2.45, 2.75) is 26.5 Å². The minimum absolute atomic E-state index is 0.636. The van der Waals surface area contributed by atoms with E-state index >= 15 is 0 Å². The van der Waals surface area contributed by atoms with Gasteiger partial charge in [0, 0.05) is 20.2 Å². The fourth-order valence-corrected chi connectivity index (χ4v) is 2.64. The smallest absolute Gasteiger partial charge is 0.191 e. The van der Waals surface area contributed by atoms with Crippen LogP contribution in [0.5, 0.6) is 5.75 Å². The quantitative estimate of drug-likeness (QED) is 0.536. The molecule has 0 radical (unpaired) electrons. The van der Waals surface area contributed by atoms with Crippen LogP contribution < -0.4 is 15.4 Å².